The van der Waals surface area contributed by atoms with Crippen LogP contribution >= 0.6 is 0 Å². The fraction of sp³-hybridized carbons (Fsp3) is 0.368. The Morgan fingerprint density at radius 2 is 2.15 bits per heavy atom. The van der Waals surface area contributed by atoms with E-state index in [9.17, 15) is 9.59 Å². The molecule has 0 aliphatic carbocycles. The Balaban J connectivity index is 1.71. The van der Waals surface area contributed by atoms with Gasteiger partial charge < -0.3 is 14.8 Å². The van der Waals surface area contributed by atoms with E-state index in [4.69, 9.17) is 4.52 Å². The first-order valence-corrected chi connectivity index (χ1v) is 8.80. The van der Waals surface area contributed by atoms with Crippen LogP contribution < -0.4 is 10.9 Å². The van der Waals surface area contributed by atoms with Crippen molar-refractivity contribution in [1.82, 2.24) is 20.4 Å². The first kappa shape index (κ1) is 17.8. The maximum Gasteiger partial charge on any atom is 0.259 e. The Kier molecular flexibility index (Phi) is 5.46. The first-order chi connectivity index (χ1) is 12.6. The number of amides is 1. The van der Waals surface area contributed by atoms with Gasteiger partial charge in [0.05, 0.1) is 5.56 Å². The number of carbonyl (C=O) groups excluding carboxylic acids is 1. The summed E-state index contributed by atoms with van der Waals surface area (Å²) in [5.74, 6) is 0.708. The number of rotatable bonds is 7. The summed E-state index contributed by atoms with van der Waals surface area (Å²) in [6.45, 7) is 4.69. The van der Waals surface area contributed by atoms with E-state index in [1.54, 1.807) is 6.07 Å². The summed E-state index contributed by atoms with van der Waals surface area (Å²) in [4.78, 5) is 31.0. The van der Waals surface area contributed by atoms with Crippen molar-refractivity contribution in [3.63, 3.8) is 0 Å². The van der Waals surface area contributed by atoms with E-state index < -0.39 is 0 Å². The maximum atomic E-state index is 12.3. The summed E-state index contributed by atoms with van der Waals surface area (Å²) in [7, 11) is 0. The van der Waals surface area contributed by atoms with Gasteiger partial charge in [-0.1, -0.05) is 23.7 Å². The van der Waals surface area contributed by atoms with Crippen molar-refractivity contribution in [2.45, 2.75) is 39.5 Å². The molecule has 26 heavy (non-hydrogen) atoms. The lowest BCUT2D eigenvalue weighted by atomic mass is 10.1. The minimum absolute atomic E-state index is 0.0212. The van der Waals surface area contributed by atoms with Gasteiger partial charge in [0.15, 0.2) is 0 Å². The van der Waals surface area contributed by atoms with Crippen molar-refractivity contribution in [1.29, 1.82) is 0 Å². The van der Waals surface area contributed by atoms with Crippen molar-refractivity contribution < 1.29 is 9.32 Å². The van der Waals surface area contributed by atoms with Gasteiger partial charge in [-0.2, -0.15) is 4.98 Å². The minimum Gasteiger partial charge on any atom is -0.356 e. The minimum atomic E-state index is -0.257. The molecule has 2 heterocycles. The maximum absolute atomic E-state index is 12.3. The molecule has 0 aliphatic rings. The molecule has 0 saturated heterocycles. The standard InChI is InChI=1S/C19H22N4O3/c1-3-9-20-16(24)5-4-6-17-22-18(23-26-17)14-11-13-10-12(2)7-8-15(13)21-19(14)25/h7-8,10-11H,3-6,9H2,1-2H3,(H,20,24)(H,21,25). The summed E-state index contributed by atoms with van der Waals surface area (Å²) < 4.78 is 5.23. The van der Waals surface area contributed by atoms with Gasteiger partial charge in [0.2, 0.25) is 17.6 Å². The lowest BCUT2D eigenvalue weighted by Gasteiger charge is -2.01. The van der Waals surface area contributed by atoms with Gasteiger partial charge in [-0.15, -0.1) is 0 Å². The molecule has 0 fully saturated rings. The van der Waals surface area contributed by atoms with E-state index in [0.29, 0.717) is 37.3 Å². The van der Waals surface area contributed by atoms with Crippen molar-refractivity contribution >= 4 is 16.8 Å². The Bertz CT molecular complexity index is 974. The molecule has 0 spiro atoms. The average molecular weight is 354 g/mol. The number of hydrogen-bond donors (Lipinski definition) is 2. The van der Waals surface area contributed by atoms with Gasteiger partial charge >= 0.3 is 0 Å². The fourth-order valence-corrected chi connectivity index (χ4v) is 2.71. The quantitative estimate of drug-likeness (QED) is 0.679. The highest BCUT2D eigenvalue weighted by Crippen LogP contribution is 2.18. The number of pyridine rings is 1. The van der Waals surface area contributed by atoms with Gasteiger partial charge in [0.1, 0.15) is 0 Å². The molecule has 0 atom stereocenters. The van der Waals surface area contributed by atoms with Crippen molar-refractivity contribution in [3.05, 3.63) is 46.1 Å². The molecule has 0 aliphatic heterocycles. The zero-order valence-electron chi connectivity index (χ0n) is 15.0. The second-order valence-corrected chi connectivity index (χ2v) is 6.32. The monoisotopic (exact) mass is 354 g/mol. The zero-order chi connectivity index (χ0) is 18.5. The molecule has 0 saturated carbocycles. The van der Waals surface area contributed by atoms with Crippen LogP contribution in [0.4, 0.5) is 0 Å². The largest absolute Gasteiger partial charge is 0.356 e. The van der Waals surface area contributed by atoms with Crippen LogP contribution in [0.3, 0.4) is 0 Å². The molecule has 1 amide bonds. The summed E-state index contributed by atoms with van der Waals surface area (Å²) >= 11 is 0. The van der Waals surface area contributed by atoms with Crippen LogP contribution in [0.15, 0.2) is 33.6 Å². The summed E-state index contributed by atoms with van der Waals surface area (Å²) in [6, 6.07) is 7.58. The first-order valence-electron chi connectivity index (χ1n) is 8.80. The van der Waals surface area contributed by atoms with Crippen LogP contribution in [-0.4, -0.2) is 27.6 Å². The molecule has 2 N–H and O–H groups in total. The van der Waals surface area contributed by atoms with Crippen LogP contribution in [0.25, 0.3) is 22.3 Å². The Morgan fingerprint density at radius 1 is 1.31 bits per heavy atom. The predicted octanol–water partition coefficient (Wildman–Crippen LogP) is 2.74. The van der Waals surface area contributed by atoms with E-state index >= 15 is 0 Å². The molecule has 1 aromatic carbocycles. The predicted molar refractivity (Wildman–Crippen MR) is 98.8 cm³/mol. The molecule has 3 aromatic rings. The van der Waals surface area contributed by atoms with Gasteiger partial charge in [-0.05, 0) is 43.4 Å². The van der Waals surface area contributed by atoms with Crippen LogP contribution in [0.5, 0.6) is 0 Å². The normalized spacial score (nSPS) is 11.0. The molecular formula is C19H22N4O3. The number of aromatic amines is 1. The van der Waals surface area contributed by atoms with Crippen LogP contribution in [0.1, 0.15) is 37.6 Å². The number of aryl methyl sites for hydroxylation is 2. The van der Waals surface area contributed by atoms with Gasteiger partial charge in [0, 0.05) is 24.9 Å². The number of H-pyrrole nitrogens is 1. The van der Waals surface area contributed by atoms with Crippen LogP contribution in [0.2, 0.25) is 0 Å². The highest BCUT2D eigenvalue weighted by atomic mass is 16.5. The lowest BCUT2D eigenvalue weighted by Crippen LogP contribution is -2.23. The van der Waals surface area contributed by atoms with Gasteiger partial charge in [-0.3, -0.25) is 9.59 Å². The Morgan fingerprint density at radius 3 is 2.96 bits per heavy atom. The molecule has 7 nitrogen and oxygen atoms in total. The van der Waals surface area contributed by atoms with Crippen LogP contribution in [0, 0.1) is 6.92 Å². The van der Waals surface area contributed by atoms with Crippen molar-refractivity contribution in [2.75, 3.05) is 6.54 Å². The zero-order valence-corrected chi connectivity index (χ0v) is 15.0. The summed E-state index contributed by atoms with van der Waals surface area (Å²) in [5, 5.41) is 7.66. The van der Waals surface area contributed by atoms with E-state index in [1.807, 2.05) is 32.0 Å². The molecule has 0 bridgehead atoms. The molecule has 136 valence electrons. The number of hydrogen-bond acceptors (Lipinski definition) is 5. The third-order valence-electron chi connectivity index (χ3n) is 4.08. The Labute approximate surface area is 150 Å². The third kappa shape index (κ3) is 4.17. The van der Waals surface area contributed by atoms with E-state index in [0.717, 1.165) is 22.9 Å². The average Bonchev–Trinajstić information content (AvgIpc) is 3.08. The fourth-order valence-electron chi connectivity index (χ4n) is 2.71. The van der Waals surface area contributed by atoms with E-state index in [-0.39, 0.29) is 17.3 Å². The number of aromatic nitrogens is 3. The number of benzene rings is 1. The lowest BCUT2D eigenvalue weighted by molar-refractivity contribution is -0.121. The molecule has 0 radical (unpaired) electrons. The second kappa shape index (κ2) is 7.95. The second-order valence-electron chi connectivity index (χ2n) is 6.32. The topological polar surface area (TPSA) is 101 Å². The van der Waals surface area contributed by atoms with Crippen LogP contribution in [-0.2, 0) is 11.2 Å². The summed E-state index contributed by atoms with van der Waals surface area (Å²) in [5.41, 5.74) is 1.99. The highest BCUT2D eigenvalue weighted by Gasteiger charge is 2.13. The smallest absolute Gasteiger partial charge is 0.259 e. The number of nitrogens with one attached hydrogen (secondary N) is 2. The molecule has 7 heteroatoms. The highest BCUT2D eigenvalue weighted by molar-refractivity contribution is 5.82. The molecule has 0 unspecified atom stereocenters. The van der Waals surface area contributed by atoms with Crippen molar-refractivity contribution in [2.24, 2.45) is 0 Å². The van der Waals surface area contributed by atoms with E-state index in [1.165, 1.54) is 0 Å². The Hall–Kier alpha value is -2.96. The summed E-state index contributed by atoms with van der Waals surface area (Å²) in [6.07, 6.45) is 2.44. The number of nitrogens with zero attached hydrogens (tertiary/aromatic N) is 2. The van der Waals surface area contributed by atoms with Gasteiger partial charge in [0.25, 0.3) is 5.56 Å². The third-order valence-corrected chi connectivity index (χ3v) is 4.08. The number of carbonyl (C=O) groups is 1. The van der Waals surface area contributed by atoms with E-state index in [2.05, 4.69) is 20.4 Å². The molecule has 3 rings (SSSR count). The van der Waals surface area contributed by atoms with Crippen molar-refractivity contribution in [3.8, 4) is 11.4 Å². The molecule has 2 aromatic heterocycles. The number of fused-ring (bicyclic) bond motifs is 1. The SMILES string of the molecule is CCCNC(=O)CCCc1nc(-c2cc3cc(C)ccc3[nH]c2=O)no1. The molecular weight excluding hydrogens is 332 g/mol. The van der Waals surface area contributed by atoms with Gasteiger partial charge in [-0.25, -0.2) is 0 Å².